The zero-order chi connectivity index (χ0) is 20.2. The molecule has 0 saturated carbocycles. The lowest BCUT2D eigenvalue weighted by Crippen LogP contribution is -2.60. The van der Waals surface area contributed by atoms with E-state index in [1.807, 2.05) is 19.1 Å². The molecule has 1 aliphatic rings. The van der Waals surface area contributed by atoms with E-state index in [1.54, 1.807) is 26.0 Å². The Morgan fingerprint density at radius 2 is 1.89 bits per heavy atom. The molecular formula is C19H24N2O6. The second-order valence-electron chi connectivity index (χ2n) is 7.00. The van der Waals surface area contributed by atoms with Crippen molar-refractivity contribution in [3.63, 3.8) is 0 Å². The van der Waals surface area contributed by atoms with Gasteiger partial charge in [-0.2, -0.15) is 0 Å². The first kappa shape index (κ1) is 20.4. The minimum atomic E-state index is -1.51. The van der Waals surface area contributed by atoms with Gasteiger partial charge in [-0.1, -0.05) is 12.1 Å². The van der Waals surface area contributed by atoms with Crippen LogP contribution in [0.15, 0.2) is 24.3 Å². The quantitative estimate of drug-likeness (QED) is 0.686. The first-order valence-corrected chi connectivity index (χ1v) is 8.71. The number of Topliss-reactive ketones (excluding diaryl/α,β-unsaturated/α-hetero) is 1. The Labute approximate surface area is 157 Å². The third kappa shape index (κ3) is 4.84. The topological polar surface area (TPSA) is 113 Å². The van der Waals surface area contributed by atoms with Crippen LogP contribution in [0.3, 0.4) is 0 Å². The van der Waals surface area contributed by atoms with Crippen molar-refractivity contribution in [1.82, 2.24) is 10.2 Å². The van der Waals surface area contributed by atoms with Gasteiger partial charge in [-0.05, 0) is 38.5 Å². The van der Waals surface area contributed by atoms with Gasteiger partial charge in [0.25, 0.3) is 0 Å². The number of benzene rings is 1. The second-order valence-corrected chi connectivity index (χ2v) is 7.00. The molecule has 1 aromatic carbocycles. The molecule has 1 aromatic rings. The highest BCUT2D eigenvalue weighted by molar-refractivity contribution is 6.20. The molecule has 8 nitrogen and oxygen atoms in total. The van der Waals surface area contributed by atoms with Gasteiger partial charge in [-0.3, -0.25) is 19.2 Å². The number of amides is 2. The molecule has 8 heteroatoms. The maximum atomic E-state index is 12.9. The molecule has 2 amide bonds. The van der Waals surface area contributed by atoms with Crippen LogP contribution in [0.5, 0.6) is 5.75 Å². The van der Waals surface area contributed by atoms with E-state index in [9.17, 15) is 19.2 Å². The number of piperidine rings is 1. The summed E-state index contributed by atoms with van der Waals surface area (Å²) in [5.41, 5.74) is 0.0787. The van der Waals surface area contributed by atoms with Crippen molar-refractivity contribution in [2.24, 2.45) is 5.92 Å². The van der Waals surface area contributed by atoms with Gasteiger partial charge in [0.05, 0.1) is 6.61 Å². The van der Waals surface area contributed by atoms with Crippen LogP contribution >= 0.6 is 0 Å². The summed E-state index contributed by atoms with van der Waals surface area (Å²) in [5.74, 6) is -4.04. The van der Waals surface area contributed by atoms with E-state index in [1.165, 1.54) is 4.90 Å². The molecule has 1 unspecified atom stereocenters. The van der Waals surface area contributed by atoms with E-state index >= 15 is 0 Å². The molecule has 1 atom stereocenters. The summed E-state index contributed by atoms with van der Waals surface area (Å²) in [6.45, 7) is 5.56. The summed E-state index contributed by atoms with van der Waals surface area (Å²) < 4.78 is 5.40. The number of carboxylic acids is 1. The van der Waals surface area contributed by atoms with Crippen LogP contribution in [-0.2, 0) is 25.7 Å². The van der Waals surface area contributed by atoms with Gasteiger partial charge < -0.3 is 20.1 Å². The molecule has 0 bridgehead atoms. The lowest BCUT2D eigenvalue weighted by Gasteiger charge is -2.44. The third-order valence-electron chi connectivity index (χ3n) is 4.42. The van der Waals surface area contributed by atoms with Crippen LogP contribution in [0.25, 0.3) is 0 Å². The maximum absolute atomic E-state index is 12.9. The molecular weight excluding hydrogens is 352 g/mol. The number of aliphatic carboxylic acids is 1. The van der Waals surface area contributed by atoms with E-state index in [0.29, 0.717) is 12.4 Å². The largest absolute Gasteiger partial charge is 0.494 e. The molecule has 1 aliphatic heterocycles. The SMILES string of the molecule is CCOc1ccc(CN2C(=O)C(C(=O)NCC(=O)O)C(=O)CC2(C)C)cc1. The minimum absolute atomic E-state index is 0.0148. The predicted molar refractivity (Wildman–Crippen MR) is 96.0 cm³/mol. The van der Waals surface area contributed by atoms with Crippen molar-refractivity contribution in [3.8, 4) is 5.75 Å². The third-order valence-corrected chi connectivity index (χ3v) is 4.42. The predicted octanol–water partition coefficient (Wildman–Crippen LogP) is 0.982. The number of carbonyl (C=O) groups is 4. The number of ether oxygens (including phenoxy) is 1. The Bertz CT molecular complexity index is 741. The molecule has 2 N–H and O–H groups in total. The number of carboxylic acid groups (broad SMARTS) is 1. The van der Waals surface area contributed by atoms with E-state index in [-0.39, 0.29) is 13.0 Å². The van der Waals surface area contributed by atoms with Crippen LogP contribution in [0, 0.1) is 5.92 Å². The normalized spacial score (nSPS) is 18.9. The Hall–Kier alpha value is -2.90. The zero-order valence-corrected chi connectivity index (χ0v) is 15.7. The highest BCUT2D eigenvalue weighted by atomic mass is 16.5. The van der Waals surface area contributed by atoms with Gasteiger partial charge in [-0.25, -0.2) is 0 Å². The smallest absolute Gasteiger partial charge is 0.322 e. The minimum Gasteiger partial charge on any atom is -0.494 e. The van der Waals surface area contributed by atoms with Crippen LogP contribution < -0.4 is 10.1 Å². The highest BCUT2D eigenvalue weighted by Gasteiger charge is 2.48. The summed E-state index contributed by atoms with van der Waals surface area (Å²) in [7, 11) is 0. The van der Waals surface area contributed by atoms with Gasteiger partial charge in [0.1, 0.15) is 12.3 Å². The number of nitrogens with one attached hydrogen (secondary N) is 1. The average Bonchev–Trinajstić information content (AvgIpc) is 2.58. The first-order valence-electron chi connectivity index (χ1n) is 8.71. The fourth-order valence-corrected chi connectivity index (χ4v) is 3.07. The summed E-state index contributed by atoms with van der Waals surface area (Å²) in [6.07, 6.45) is 0.0148. The molecule has 0 radical (unpaired) electrons. The van der Waals surface area contributed by atoms with E-state index in [2.05, 4.69) is 5.32 Å². The summed E-state index contributed by atoms with van der Waals surface area (Å²) in [5, 5.41) is 10.8. The van der Waals surface area contributed by atoms with Gasteiger partial charge in [0, 0.05) is 18.5 Å². The first-order chi connectivity index (χ1) is 12.7. The second kappa shape index (κ2) is 8.20. The lowest BCUT2D eigenvalue weighted by atomic mass is 9.82. The van der Waals surface area contributed by atoms with E-state index in [4.69, 9.17) is 9.84 Å². The molecule has 2 rings (SSSR count). The molecule has 1 heterocycles. The molecule has 0 aromatic heterocycles. The van der Waals surface area contributed by atoms with Crippen molar-refractivity contribution in [2.75, 3.05) is 13.2 Å². The molecule has 1 saturated heterocycles. The molecule has 0 aliphatic carbocycles. The lowest BCUT2D eigenvalue weighted by molar-refractivity contribution is -0.158. The molecule has 1 fully saturated rings. The van der Waals surface area contributed by atoms with Crippen LogP contribution in [0.4, 0.5) is 0 Å². The highest BCUT2D eigenvalue weighted by Crippen LogP contribution is 2.31. The summed E-state index contributed by atoms with van der Waals surface area (Å²) in [6, 6.07) is 7.24. The van der Waals surface area contributed by atoms with Crippen molar-refractivity contribution in [3.05, 3.63) is 29.8 Å². The monoisotopic (exact) mass is 376 g/mol. The number of nitrogens with zero attached hydrogens (tertiary/aromatic N) is 1. The number of hydrogen-bond acceptors (Lipinski definition) is 5. The Balaban J connectivity index is 2.19. The van der Waals surface area contributed by atoms with Crippen molar-refractivity contribution < 1.29 is 29.0 Å². The molecule has 27 heavy (non-hydrogen) atoms. The number of carbonyl (C=O) groups excluding carboxylic acids is 3. The maximum Gasteiger partial charge on any atom is 0.322 e. The van der Waals surface area contributed by atoms with Crippen LogP contribution in [-0.4, -0.2) is 52.3 Å². The standard InChI is InChI=1S/C19H24N2O6/c1-4-27-13-7-5-12(6-8-13)11-21-18(26)16(14(22)9-19(21,2)3)17(25)20-10-15(23)24/h5-8,16H,4,9-11H2,1-3H3,(H,20,25)(H,23,24). The van der Waals surface area contributed by atoms with Crippen molar-refractivity contribution in [1.29, 1.82) is 0 Å². The summed E-state index contributed by atoms with van der Waals surface area (Å²) in [4.78, 5) is 49.5. The number of ketones is 1. The zero-order valence-electron chi connectivity index (χ0n) is 15.7. The van der Waals surface area contributed by atoms with Crippen molar-refractivity contribution >= 4 is 23.6 Å². The number of hydrogen-bond donors (Lipinski definition) is 2. The van der Waals surface area contributed by atoms with Gasteiger partial charge in [0.2, 0.25) is 11.8 Å². The van der Waals surface area contributed by atoms with Gasteiger partial charge in [0.15, 0.2) is 11.7 Å². The van der Waals surface area contributed by atoms with Gasteiger partial charge in [-0.15, -0.1) is 0 Å². The average molecular weight is 376 g/mol. The van der Waals surface area contributed by atoms with Gasteiger partial charge >= 0.3 is 5.97 Å². The Morgan fingerprint density at radius 1 is 1.26 bits per heavy atom. The summed E-state index contributed by atoms with van der Waals surface area (Å²) >= 11 is 0. The number of likely N-dealkylation sites (tertiary alicyclic amines) is 1. The molecule has 146 valence electrons. The Kier molecular flexibility index (Phi) is 6.20. The fraction of sp³-hybridized carbons (Fsp3) is 0.474. The van der Waals surface area contributed by atoms with Crippen LogP contribution in [0.1, 0.15) is 32.8 Å². The molecule has 0 spiro atoms. The number of rotatable bonds is 7. The fourth-order valence-electron chi connectivity index (χ4n) is 3.07. The van der Waals surface area contributed by atoms with E-state index in [0.717, 1.165) is 5.56 Å². The Morgan fingerprint density at radius 3 is 2.44 bits per heavy atom. The van der Waals surface area contributed by atoms with Crippen LogP contribution in [0.2, 0.25) is 0 Å². The van der Waals surface area contributed by atoms with Crippen molar-refractivity contribution in [2.45, 2.75) is 39.3 Å². The van der Waals surface area contributed by atoms with E-state index < -0.39 is 41.6 Å².